The minimum Gasteiger partial charge on any atom is -0.381 e. The normalized spacial score (nSPS) is 22.8. The van der Waals surface area contributed by atoms with Gasteiger partial charge in [0.15, 0.2) is 0 Å². The summed E-state index contributed by atoms with van der Waals surface area (Å²) in [6.45, 7) is 5.80. The van der Waals surface area contributed by atoms with Crippen molar-refractivity contribution in [1.82, 2.24) is 20.0 Å². The second-order valence-corrected chi connectivity index (χ2v) is 6.78. The van der Waals surface area contributed by atoms with E-state index in [1.165, 1.54) is 4.90 Å². The molecule has 3 rings (SSSR count). The van der Waals surface area contributed by atoms with Crippen molar-refractivity contribution in [2.24, 2.45) is 13.0 Å². The largest absolute Gasteiger partial charge is 0.381 e. The van der Waals surface area contributed by atoms with Crippen LogP contribution in [-0.2, 0) is 23.0 Å². The van der Waals surface area contributed by atoms with Crippen molar-refractivity contribution in [2.45, 2.75) is 45.6 Å². The van der Waals surface area contributed by atoms with E-state index in [1.54, 1.807) is 0 Å². The molecule has 1 aromatic heterocycles. The van der Waals surface area contributed by atoms with Crippen LogP contribution in [0.25, 0.3) is 0 Å². The van der Waals surface area contributed by atoms with E-state index >= 15 is 0 Å². The summed E-state index contributed by atoms with van der Waals surface area (Å²) in [5.74, 6) is 0.269. The molecule has 3 amide bonds. The molecule has 1 N–H and O–H groups in total. The van der Waals surface area contributed by atoms with Gasteiger partial charge < -0.3 is 10.1 Å². The van der Waals surface area contributed by atoms with E-state index in [0.29, 0.717) is 38.5 Å². The highest BCUT2D eigenvalue weighted by Gasteiger charge is 2.36. The van der Waals surface area contributed by atoms with Gasteiger partial charge in [-0.25, -0.2) is 4.79 Å². The van der Waals surface area contributed by atoms with Crippen LogP contribution in [0.5, 0.6) is 0 Å². The lowest BCUT2D eigenvalue weighted by Gasteiger charge is -2.37. The first-order valence-electron chi connectivity index (χ1n) is 8.65. The minimum absolute atomic E-state index is 0.0491. The number of amides is 3. The zero-order valence-corrected chi connectivity index (χ0v) is 14.7. The number of carbonyl (C=O) groups excluding carboxylic acids is 2. The highest BCUT2D eigenvalue weighted by molar-refractivity contribution is 5.97. The molecule has 24 heavy (non-hydrogen) atoms. The average molecular weight is 334 g/mol. The van der Waals surface area contributed by atoms with Crippen LogP contribution >= 0.6 is 0 Å². The highest BCUT2D eigenvalue weighted by Crippen LogP contribution is 2.24. The maximum absolute atomic E-state index is 12.5. The third-order valence-electron chi connectivity index (χ3n) is 5.33. The number of ether oxygens (including phenoxy) is 1. The minimum atomic E-state index is -0.262. The summed E-state index contributed by atoms with van der Waals surface area (Å²) >= 11 is 0. The van der Waals surface area contributed by atoms with Gasteiger partial charge >= 0.3 is 6.03 Å². The summed E-state index contributed by atoms with van der Waals surface area (Å²) in [4.78, 5) is 26.2. The molecule has 1 unspecified atom stereocenters. The number of aryl methyl sites for hydroxylation is 2. The third kappa shape index (κ3) is 3.31. The Morgan fingerprint density at radius 1 is 1.25 bits per heavy atom. The molecule has 3 heterocycles. The van der Waals surface area contributed by atoms with Gasteiger partial charge in [0.1, 0.15) is 0 Å². The molecular formula is C17H26N4O3. The van der Waals surface area contributed by atoms with E-state index in [2.05, 4.69) is 10.4 Å². The van der Waals surface area contributed by atoms with Crippen molar-refractivity contribution in [3.05, 3.63) is 17.0 Å². The first kappa shape index (κ1) is 17.0. The fourth-order valence-electron chi connectivity index (χ4n) is 3.73. The van der Waals surface area contributed by atoms with Gasteiger partial charge in [0.05, 0.1) is 5.69 Å². The second kappa shape index (κ2) is 6.93. The molecule has 2 aliphatic heterocycles. The van der Waals surface area contributed by atoms with E-state index < -0.39 is 0 Å². The molecule has 2 aliphatic rings. The second-order valence-electron chi connectivity index (χ2n) is 6.78. The standard InChI is InChI=1S/C17H26N4O3/c1-11-14(12(2)20(3)19-11)4-7-21-16(22)10-15(18-17(21)23)13-5-8-24-9-6-13/h13,15H,4-10H2,1-3H3,(H,18,23). The van der Waals surface area contributed by atoms with E-state index in [-0.39, 0.29) is 18.0 Å². The van der Waals surface area contributed by atoms with Gasteiger partial charge in [-0.2, -0.15) is 5.10 Å². The van der Waals surface area contributed by atoms with Gasteiger partial charge in [0.2, 0.25) is 5.91 Å². The molecule has 0 radical (unpaired) electrons. The number of urea groups is 1. The predicted molar refractivity (Wildman–Crippen MR) is 88.6 cm³/mol. The summed E-state index contributed by atoms with van der Waals surface area (Å²) < 4.78 is 7.20. The molecule has 0 bridgehead atoms. The Kier molecular flexibility index (Phi) is 4.89. The van der Waals surface area contributed by atoms with Crippen LogP contribution in [0.15, 0.2) is 0 Å². The van der Waals surface area contributed by atoms with Crippen LogP contribution < -0.4 is 5.32 Å². The molecule has 0 aromatic carbocycles. The first-order valence-corrected chi connectivity index (χ1v) is 8.65. The number of nitrogens with zero attached hydrogens (tertiary/aromatic N) is 3. The van der Waals surface area contributed by atoms with Crippen molar-refractivity contribution >= 4 is 11.9 Å². The van der Waals surface area contributed by atoms with E-state index in [0.717, 1.165) is 29.8 Å². The SMILES string of the molecule is Cc1nn(C)c(C)c1CCN1C(=O)CC(C2CCOCC2)NC1=O. The molecule has 7 heteroatoms. The van der Waals surface area contributed by atoms with Crippen LogP contribution in [0.1, 0.15) is 36.2 Å². The molecular weight excluding hydrogens is 308 g/mol. The zero-order valence-electron chi connectivity index (χ0n) is 14.7. The molecule has 0 aliphatic carbocycles. The van der Waals surface area contributed by atoms with Crippen LogP contribution in [0.4, 0.5) is 4.79 Å². The van der Waals surface area contributed by atoms with Crippen molar-refractivity contribution < 1.29 is 14.3 Å². The van der Waals surface area contributed by atoms with Crippen LogP contribution in [0.2, 0.25) is 0 Å². The molecule has 0 spiro atoms. The van der Waals surface area contributed by atoms with E-state index in [1.807, 2.05) is 25.6 Å². The van der Waals surface area contributed by atoms with E-state index in [4.69, 9.17) is 4.74 Å². The lowest BCUT2D eigenvalue weighted by atomic mass is 9.88. The lowest BCUT2D eigenvalue weighted by molar-refractivity contribution is -0.131. The van der Waals surface area contributed by atoms with E-state index in [9.17, 15) is 9.59 Å². The summed E-state index contributed by atoms with van der Waals surface area (Å²) in [6.07, 6.45) is 2.85. The van der Waals surface area contributed by atoms with Gasteiger partial charge in [-0.15, -0.1) is 0 Å². The van der Waals surface area contributed by atoms with Gasteiger partial charge in [0.25, 0.3) is 0 Å². The summed E-state index contributed by atoms with van der Waals surface area (Å²) in [5, 5.41) is 7.41. The van der Waals surface area contributed by atoms with Crippen molar-refractivity contribution in [3.63, 3.8) is 0 Å². The molecule has 2 fully saturated rings. The Bertz CT molecular complexity index is 616. The first-order chi connectivity index (χ1) is 11.5. The van der Waals surface area contributed by atoms with Crippen LogP contribution in [0.3, 0.4) is 0 Å². The number of carbonyl (C=O) groups is 2. The maximum atomic E-state index is 12.5. The molecule has 1 aromatic rings. The number of rotatable bonds is 4. The summed E-state index contributed by atoms with van der Waals surface area (Å²) in [7, 11) is 1.91. The van der Waals surface area contributed by atoms with Gasteiger partial charge in [-0.3, -0.25) is 14.4 Å². The highest BCUT2D eigenvalue weighted by atomic mass is 16.5. The van der Waals surface area contributed by atoms with Crippen molar-refractivity contribution in [1.29, 1.82) is 0 Å². The summed E-state index contributed by atoms with van der Waals surface area (Å²) in [6, 6.07) is -0.311. The van der Waals surface area contributed by atoms with Crippen LogP contribution in [-0.4, -0.2) is 52.4 Å². The maximum Gasteiger partial charge on any atom is 0.324 e. The summed E-state index contributed by atoms with van der Waals surface area (Å²) in [5.41, 5.74) is 3.15. The lowest BCUT2D eigenvalue weighted by Crippen LogP contribution is -2.57. The van der Waals surface area contributed by atoms with Gasteiger partial charge in [-0.1, -0.05) is 0 Å². The smallest absolute Gasteiger partial charge is 0.324 e. The number of hydrogen-bond donors (Lipinski definition) is 1. The molecule has 0 saturated carbocycles. The Morgan fingerprint density at radius 3 is 2.54 bits per heavy atom. The monoisotopic (exact) mass is 334 g/mol. The fourth-order valence-corrected chi connectivity index (χ4v) is 3.73. The Balaban J connectivity index is 1.61. The van der Waals surface area contributed by atoms with Gasteiger partial charge in [0, 0.05) is 45.0 Å². The predicted octanol–water partition coefficient (Wildman–Crippen LogP) is 1.32. The average Bonchev–Trinajstić information content (AvgIpc) is 2.80. The van der Waals surface area contributed by atoms with Crippen molar-refractivity contribution in [3.8, 4) is 0 Å². The molecule has 1 atom stereocenters. The number of aromatic nitrogens is 2. The quantitative estimate of drug-likeness (QED) is 0.901. The fraction of sp³-hybridized carbons (Fsp3) is 0.706. The Labute approximate surface area is 142 Å². The molecule has 132 valence electrons. The Hall–Kier alpha value is -1.89. The van der Waals surface area contributed by atoms with Crippen molar-refractivity contribution in [2.75, 3.05) is 19.8 Å². The third-order valence-corrected chi connectivity index (χ3v) is 5.33. The topological polar surface area (TPSA) is 76.5 Å². The molecule has 2 saturated heterocycles. The van der Waals surface area contributed by atoms with Crippen LogP contribution in [0, 0.1) is 19.8 Å². The number of hydrogen-bond acceptors (Lipinski definition) is 4. The molecule has 7 nitrogen and oxygen atoms in total. The zero-order chi connectivity index (χ0) is 17.3. The van der Waals surface area contributed by atoms with Gasteiger partial charge in [-0.05, 0) is 44.6 Å². The number of nitrogens with one attached hydrogen (secondary N) is 1. The Morgan fingerprint density at radius 2 is 1.96 bits per heavy atom. The number of imide groups is 1.